The minimum Gasteiger partial charge on any atom is -0.371 e. The molecule has 0 amide bonds. The van der Waals surface area contributed by atoms with Gasteiger partial charge in [-0.2, -0.15) is 13.1 Å². The van der Waals surface area contributed by atoms with E-state index in [1.165, 1.54) is 0 Å². The van der Waals surface area contributed by atoms with Crippen molar-refractivity contribution in [3.05, 3.63) is 29.8 Å². The molecule has 1 rings (SSSR count). The third-order valence-corrected chi connectivity index (χ3v) is 4.43. The van der Waals surface area contributed by atoms with Crippen LogP contribution < -0.4 is 8.91 Å². The van der Waals surface area contributed by atoms with E-state index in [9.17, 15) is 8.42 Å². The third-order valence-electron chi connectivity index (χ3n) is 3.21. The van der Waals surface area contributed by atoms with E-state index in [0.717, 1.165) is 5.56 Å². The van der Waals surface area contributed by atoms with Gasteiger partial charge in [-0.3, -0.25) is 0 Å². The van der Waals surface area contributed by atoms with Gasteiger partial charge in [-0.05, 0) is 43.4 Å². The SMILES string of the molecule is CCC(C)(C)NS(=O)(=O)Oc1ccc(C(C)(C)C)cc1. The summed E-state index contributed by atoms with van der Waals surface area (Å²) in [7, 11) is -3.80. The summed E-state index contributed by atoms with van der Waals surface area (Å²) < 4.78 is 31.4. The molecule has 114 valence electrons. The molecule has 1 N–H and O–H groups in total. The zero-order valence-corrected chi connectivity index (χ0v) is 14.0. The predicted octanol–water partition coefficient (Wildman–Crippen LogP) is 3.39. The Morgan fingerprint density at radius 2 is 1.55 bits per heavy atom. The molecule has 0 fully saturated rings. The van der Waals surface area contributed by atoms with Gasteiger partial charge in [0.05, 0.1) is 0 Å². The number of hydrogen-bond acceptors (Lipinski definition) is 3. The monoisotopic (exact) mass is 299 g/mol. The number of benzene rings is 1. The van der Waals surface area contributed by atoms with Crippen LogP contribution >= 0.6 is 0 Å². The fourth-order valence-corrected chi connectivity index (χ4v) is 2.80. The molecule has 0 aliphatic rings. The van der Waals surface area contributed by atoms with Crippen LogP contribution in [-0.4, -0.2) is 14.0 Å². The molecule has 1 aromatic carbocycles. The quantitative estimate of drug-likeness (QED) is 0.906. The second kappa shape index (κ2) is 5.74. The molecule has 1 aromatic rings. The van der Waals surface area contributed by atoms with Crippen molar-refractivity contribution >= 4 is 10.3 Å². The first kappa shape index (κ1) is 17.0. The minimum atomic E-state index is -3.80. The molecule has 0 atom stereocenters. The molecule has 0 spiro atoms. The Labute approximate surface area is 122 Å². The zero-order chi connectivity index (χ0) is 15.6. The van der Waals surface area contributed by atoms with E-state index in [2.05, 4.69) is 25.5 Å². The van der Waals surface area contributed by atoms with Gasteiger partial charge in [-0.25, -0.2) is 0 Å². The molecule has 0 bridgehead atoms. The van der Waals surface area contributed by atoms with E-state index in [4.69, 9.17) is 4.18 Å². The summed E-state index contributed by atoms with van der Waals surface area (Å²) in [6.45, 7) is 11.9. The molecule has 0 heterocycles. The van der Waals surface area contributed by atoms with Crippen molar-refractivity contribution in [2.24, 2.45) is 0 Å². The van der Waals surface area contributed by atoms with Gasteiger partial charge in [0.2, 0.25) is 0 Å². The van der Waals surface area contributed by atoms with Crippen LogP contribution in [0.4, 0.5) is 0 Å². The second-order valence-corrected chi connectivity index (χ2v) is 7.93. The van der Waals surface area contributed by atoms with Gasteiger partial charge in [-0.1, -0.05) is 39.8 Å². The van der Waals surface area contributed by atoms with Crippen molar-refractivity contribution in [2.45, 2.75) is 58.9 Å². The Morgan fingerprint density at radius 3 is 1.95 bits per heavy atom. The highest BCUT2D eigenvalue weighted by molar-refractivity contribution is 7.85. The van der Waals surface area contributed by atoms with Crippen LogP contribution in [0.2, 0.25) is 0 Å². The first-order valence-electron chi connectivity index (χ1n) is 6.79. The summed E-state index contributed by atoms with van der Waals surface area (Å²) in [5, 5.41) is 0. The highest BCUT2D eigenvalue weighted by Gasteiger charge is 2.24. The van der Waals surface area contributed by atoms with Crippen LogP contribution in [0.5, 0.6) is 5.75 Å². The highest BCUT2D eigenvalue weighted by atomic mass is 32.2. The van der Waals surface area contributed by atoms with Gasteiger partial charge in [-0.15, -0.1) is 0 Å². The van der Waals surface area contributed by atoms with Crippen molar-refractivity contribution in [1.29, 1.82) is 0 Å². The predicted molar refractivity (Wildman–Crippen MR) is 82.2 cm³/mol. The Bertz CT molecular complexity index is 539. The number of rotatable bonds is 5. The summed E-state index contributed by atoms with van der Waals surface area (Å²) >= 11 is 0. The Morgan fingerprint density at radius 1 is 1.05 bits per heavy atom. The van der Waals surface area contributed by atoms with Crippen molar-refractivity contribution in [1.82, 2.24) is 4.72 Å². The van der Waals surface area contributed by atoms with Gasteiger partial charge in [0, 0.05) is 5.54 Å². The van der Waals surface area contributed by atoms with Crippen molar-refractivity contribution in [3.8, 4) is 5.75 Å². The molecular formula is C15H25NO3S. The number of hydrogen-bond donors (Lipinski definition) is 1. The summed E-state index contributed by atoms with van der Waals surface area (Å²) in [4.78, 5) is 0. The Balaban J connectivity index is 2.84. The molecule has 0 saturated carbocycles. The summed E-state index contributed by atoms with van der Waals surface area (Å²) in [5.74, 6) is 0.317. The fourth-order valence-electron chi connectivity index (χ4n) is 1.57. The van der Waals surface area contributed by atoms with Crippen molar-refractivity contribution < 1.29 is 12.6 Å². The van der Waals surface area contributed by atoms with E-state index in [1.54, 1.807) is 12.1 Å². The van der Waals surface area contributed by atoms with Gasteiger partial charge < -0.3 is 4.18 Å². The van der Waals surface area contributed by atoms with Crippen LogP contribution in [0.15, 0.2) is 24.3 Å². The molecule has 5 heteroatoms. The van der Waals surface area contributed by atoms with Crippen LogP contribution in [0, 0.1) is 0 Å². The molecule has 0 aliphatic carbocycles. The van der Waals surface area contributed by atoms with E-state index < -0.39 is 15.8 Å². The summed E-state index contributed by atoms with van der Waals surface area (Å²) in [6.07, 6.45) is 0.679. The normalized spacial score (nSPS) is 13.3. The van der Waals surface area contributed by atoms with Crippen LogP contribution in [0.25, 0.3) is 0 Å². The molecule has 0 saturated heterocycles. The lowest BCUT2D eigenvalue weighted by Gasteiger charge is -2.23. The van der Waals surface area contributed by atoms with E-state index >= 15 is 0 Å². The smallest absolute Gasteiger partial charge is 0.371 e. The van der Waals surface area contributed by atoms with E-state index in [0.29, 0.717) is 12.2 Å². The van der Waals surface area contributed by atoms with E-state index in [-0.39, 0.29) is 5.41 Å². The molecule has 4 nitrogen and oxygen atoms in total. The zero-order valence-electron chi connectivity index (χ0n) is 13.1. The Kier molecular flexibility index (Phi) is 4.87. The molecule has 20 heavy (non-hydrogen) atoms. The maximum absolute atomic E-state index is 11.9. The average molecular weight is 299 g/mol. The molecule has 0 aromatic heterocycles. The molecular weight excluding hydrogens is 274 g/mol. The summed E-state index contributed by atoms with van der Waals surface area (Å²) in [6, 6.07) is 7.13. The van der Waals surface area contributed by atoms with Gasteiger partial charge in [0.1, 0.15) is 5.75 Å². The largest absolute Gasteiger partial charge is 0.383 e. The highest BCUT2D eigenvalue weighted by Crippen LogP contribution is 2.24. The van der Waals surface area contributed by atoms with Crippen LogP contribution in [0.3, 0.4) is 0 Å². The molecule has 0 aliphatic heterocycles. The van der Waals surface area contributed by atoms with E-state index in [1.807, 2.05) is 32.9 Å². The lowest BCUT2D eigenvalue weighted by atomic mass is 9.87. The molecule has 0 unspecified atom stereocenters. The minimum absolute atomic E-state index is 0.0276. The first-order valence-corrected chi connectivity index (χ1v) is 8.20. The van der Waals surface area contributed by atoms with Crippen LogP contribution in [-0.2, 0) is 15.7 Å². The summed E-state index contributed by atoms with van der Waals surface area (Å²) in [5.41, 5.74) is 0.633. The first-order chi connectivity index (χ1) is 8.95. The van der Waals surface area contributed by atoms with Crippen molar-refractivity contribution in [2.75, 3.05) is 0 Å². The van der Waals surface area contributed by atoms with Crippen LogP contribution in [0.1, 0.15) is 53.5 Å². The van der Waals surface area contributed by atoms with Gasteiger partial charge >= 0.3 is 10.3 Å². The fraction of sp³-hybridized carbons (Fsp3) is 0.600. The molecule has 0 radical (unpaired) electrons. The standard InChI is InChI=1S/C15H25NO3S/c1-7-15(5,6)16-20(17,18)19-13-10-8-12(9-11-13)14(2,3)4/h8-11,16H,7H2,1-6H3. The maximum atomic E-state index is 11.9. The van der Waals surface area contributed by atoms with Crippen molar-refractivity contribution in [3.63, 3.8) is 0 Å². The lowest BCUT2D eigenvalue weighted by molar-refractivity contribution is 0.400. The third kappa shape index (κ3) is 5.13. The topological polar surface area (TPSA) is 55.4 Å². The average Bonchev–Trinajstić information content (AvgIpc) is 2.26. The van der Waals surface area contributed by atoms with Gasteiger partial charge in [0.15, 0.2) is 0 Å². The lowest BCUT2D eigenvalue weighted by Crippen LogP contribution is -2.44. The Hall–Kier alpha value is -1.07. The number of nitrogens with one attached hydrogen (secondary N) is 1. The second-order valence-electron chi connectivity index (χ2n) is 6.65. The van der Waals surface area contributed by atoms with Gasteiger partial charge in [0.25, 0.3) is 0 Å². The maximum Gasteiger partial charge on any atom is 0.383 e.